The van der Waals surface area contributed by atoms with Crippen molar-refractivity contribution < 1.29 is 0 Å². The van der Waals surface area contributed by atoms with Crippen molar-refractivity contribution in [2.24, 2.45) is 5.92 Å². The van der Waals surface area contributed by atoms with Crippen molar-refractivity contribution in [1.29, 1.82) is 0 Å². The van der Waals surface area contributed by atoms with E-state index in [0.29, 0.717) is 6.04 Å². The summed E-state index contributed by atoms with van der Waals surface area (Å²) in [6.45, 7) is 3.36. The Bertz CT molecular complexity index is 352. The molecule has 1 N–H and O–H groups in total. The van der Waals surface area contributed by atoms with Crippen LogP contribution in [0.4, 0.5) is 0 Å². The number of hydrogen-bond donors (Lipinski definition) is 1. The van der Waals surface area contributed by atoms with Crippen molar-refractivity contribution in [3.8, 4) is 0 Å². The van der Waals surface area contributed by atoms with E-state index in [2.05, 4.69) is 24.4 Å². The zero-order valence-electron chi connectivity index (χ0n) is 10.3. The maximum atomic E-state index is 5.99. The zero-order chi connectivity index (χ0) is 12.1. The van der Waals surface area contributed by atoms with E-state index in [1.807, 2.05) is 23.9 Å². The molecule has 0 aromatic heterocycles. The van der Waals surface area contributed by atoms with E-state index in [9.17, 15) is 0 Å². The van der Waals surface area contributed by atoms with Crippen molar-refractivity contribution in [3.63, 3.8) is 0 Å². The molecular formula is C14H20ClNS. The Balaban J connectivity index is 1.82. The molecule has 0 radical (unpaired) electrons. The second kappa shape index (κ2) is 6.67. The Hall–Kier alpha value is -0.180. The number of hydrogen-bond acceptors (Lipinski definition) is 2. The Morgan fingerprint density at radius 1 is 1.47 bits per heavy atom. The topological polar surface area (TPSA) is 12.0 Å². The summed E-state index contributed by atoms with van der Waals surface area (Å²) in [5.74, 6) is 2.07. The van der Waals surface area contributed by atoms with Gasteiger partial charge in [-0.15, -0.1) is 11.8 Å². The molecule has 0 saturated heterocycles. The van der Waals surface area contributed by atoms with Gasteiger partial charge in [0.1, 0.15) is 0 Å². The molecule has 3 heteroatoms. The smallest absolute Gasteiger partial charge is 0.0417 e. The summed E-state index contributed by atoms with van der Waals surface area (Å²) in [5.41, 5.74) is 0. The molecule has 1 aromatic carbocycles. The monoisotopic (exact) mass is 269 g/mol. The van der Waals surface area contributed by atoms with Crippen LogP contribution in [0.25, 0.3) is 0 Å². The summed E-state index contributed by atoms with van der Waals surface area (Å²) in [5, 5.41) is 4.50. The van der Waals surface area contributed by atoms with Crippen LogP contribution in [0.1, 0.15) is 26.2 Å². The third-order valence-electron chi connectivity index (χ3n) is 3.07. The third-order valence-corrected chi connectivity index (χ3v) is 4.42. The molecule has 1 fully saturated rings. The van der Waals surface area contributed by atoms with Crippen LogP contribution in [0.3, 0.4) is 0 Å². The van der Waals surface area contributed by atoms with Crippen LogP contribution < -0.4 is 5.32 Å². The van der Waals surface area contributed by atoms with Gasteiger partial charge < -0.3 is 5.32 Å². The van der Waals surface area contributed by atoms with Crippen LogP contribution in [-0.2, 0) is 0 Å². The van der Waals surface area contributed by atoms with Crippen molar-refractivity contribution in [1.82, 2.24) is 5.32 Å². The summed E-state index contributed by atoms with van der Waals surface area (Å²) in [6, 6.07) is 8.82. The predicted octanol–water partition coefficient (Wildman–Crippen LogP) is 4.21. The van der Waals surface area contributed by atoms with Gasteiger partial charge in [-0.05, 0) is 49.9 Å². The Morgan fingerprint density at radius 3 is 2.94 bits per heavy atom. The first kappa shape index (κ1) is 13.3. The molecule has 1 aliphatic rings. The summed E-state index contributed by atoms with van der Waals surface area (Å²) in [6.07, 6.45) is 4.01. The van der Waals surface area contributed by atoms with Gasteiger partial charge in [0, 0.05) is 21.7 Å². The Morgan fingerprint density at radius 2 is 2.29 bits per heavy atom. The van der Waals surface area contributed by atoms with Gasteiger partial charge in [0.05, 0.1) is 0 Å². The highest BCUT2D eigenvalue weighted by Crippen LogP contribution is 2.35. The predicted molar refractivity (Wildman–Crippen MR) is 77.0 cm³/mol. The second-order valence-electron chi connectivity index (χ2n) is 4.67. The number of nitrogens with one attached hydrogen (secondary N) is 1. The average molecular weight is 270 g/mol. The molecule has 17 heavy (non-hydrogen) atoms. The van der Waals surface area contributed by atoms with Crippen LogP contribution in [0, 0.1) is 5.92 Å². The highest BCUT2D eigenvalue weighted by atomic mass is 35.5. The van der Waals surface area contributed by atoms with Crippen LogP contribution in [0.2, 0.25) is 5.02 Å². The molecule has 1 aromatic rings. The SMILES string of the molecule is CCCNC(CSc1cccc(Cl)c1)C1CC1. The molecule has 1 nitrogen and oxygen atoms in total. The van der Waals surface area contributed by atoms with E-state index in [0.717, 1.165) is 23.2 Å². The molecule has 1 atom stereocenters. The van der Waals surface area contributed by atoms with Crippen LogP contribution in [0.15, 0.2) is 29.2 Å². The molecule has 2 rings (SSSR count). The molecule has 0 spiro atoms. The zero-order valence-corrected chi connectivity index (χ0v) is 11.9. The van der Waals surface area contributed by atoms with Gasteiger partial charge in [0.25, 0.3) is 0 Å². The maximum Gasteiger partial charge on any atom is 0.0417 e. The van der Waals surface area contributed by atoms with Gasteiger partial charge in [-0.2, -0.15) is 0 Å². The lowest BCUT2D eigenvalue weighted by Gasteiger charge is -2.17. The second-order valence-corrected chi connectivity index (χ2v) is 6.20. The first-order valence-corrected chi connectivity index (χ1v) is 7.77. The molecule has 1 saturated carbocycles. The minimum Gasteiger partial charge on any atom is -0.313 e. The molecule has 1 unspecified atom stereocenters. The molecule has 0 bridgehead atoms. The summed E-state index contributed by atoms with van der Waals surface area (Å²) in [7, 11) is 0. The minimum atomic E-state index is 0.680. The molecule has 94 valence electrons. The lowest BCUT2D eigenvalue weighted by molar-refractivity contribution is 0.503. The molecule has 0 amide bonds. The first-order valence-electron chi connectivity index (χ1n) is 6.41. The lowest BCUT2D eigenvalue weighted by Crippen LogP contribution is -2.33. The average Bonchev–Trinajstić information content (AvgIpc) is 3.13. The van der Waals surface area contributed by atoms with Gasteiger partial charge in [0.15, 0.2) is 0 Å². The van der Waals surface area contributed by atoms with E-state index in [4.69, 9.17) is 11.6 Å². The number of benzene rings is 1. The molecule has 1 aliphatic carbocycles. The van der Waals surface area contributed by atoms with E-state index >= 15 is 0 Å². The molecule has 0 heterocycles. The van der Waals surface area contributed by atoms with E-state index in [-0.39, 0.29) is 0 Å². The van der Waals surface area contributed by atoms with Gasteiger partial charge in [0.2, 0.25) is 0 Å². The number of thioether (sulfide) groups is 1. The maximum absolute atomic E-state index is 5.99. The Kier molecular flexibility index (Phi) is 5.20. The quantitative estimate of drug-likeness (QED) is 0.744. The largest absolute Gasteiger partial charge is 0.313 e. The number of halogens is 1. The van der Waals surface area contributed by atoms with Crippen molar-refractivity contribution in [3.05, 3.63) is 29.3 Å². The van der Waals surface area contributed by atoms with E-state index < -0.39 is 0 Å². The fourth-order valence-corrected chi connectivity index (χ4v) is 3.33. The van der Waals surface area contributed by atoms with Crippen molar-refractivity contribution in [2.45, 2.75) is 37.1 Å². The van der Waals surface area contributed by atoms with Crippen molar-refractivity contribution >= 4 is 23.4 Å². The number of rotatable bonds is 7. The minimum absolute atomic E-state index is 0.680. The van der Waals surface area contributed by atoms with E-state index in [1.54, 1.807) is 0 Å². The summed E-state index contributed by atoms with van der Waals surface area (Å²) < 4.78 is 0. The van der Waals surface area contributed by atoms with Gasteiger partial charge in [-0.25, -0.2) is 0 Å². The van der Waals surface area contributed by atoms with E-state index in [1.165, 1.54) is 24.2 Å². The van der Waals surface area contributed by atoms with Gasteiger partial charge >= 0.3 is 0 Å². The molecule has 0 aliphatic heterocycles. The lowest BCUT2D eigenvalue weighted by atomic mass is 10.2. The van der Waals surface area contributed by atoms with Crippen LogP contribution in [-0.4, -0.2) is 18.3 Å². The van der Waals surface area contributed by atoms with Gasteiger partial charge in [-0.3, -0.25) is 0 Å². The standard InChI is InChI=1S/C14H20ClNS/c1-2-8-16-14(11-6-7-11)10-17-13-5-3-4-12(15)9-13/h3-5,9,11,14,16H,2,6-8,10H2,1H3. The fraction of sp³-hybridized carbons (Fsp3) is 0.571. The summed E-state index contributed by atoms with van der Waals surface area (Å²) >= 11 is 7.90. The fourth-order valence-electron chi connectivity index (χ4n) is 1.93. The van der Waals surface area contributed by atoms with Crippen LogP contribution >= 0.6 is 23.4 Å². The molecular weight excluding hydrogens is 250 g/mol. The normalized spacial score (nSPS) is 17.1. The van der Waals surface area contributed by atoms with Crippen molar-refractivity contribution in [2.75, 3.05) is 12.3 Å². The Labute approximate surface area is 113 Å². The third kappa shape index (κ3) is 4.53. The highest BCUT2D eigenvalue weighted by Gasteiger charge is 2.30. The first-order chi connectivity index (χ1) is 8.29. The highest BCUT2D eigenvalue weighted by molar-refractivity contribution is 7.99. The van der Waals surface area contributed by atoms with Gasteiger partial charge in [-0.1, -0.05) is 24.6 Å². The van der Waals surface area contributed by atoms with Crippen LogP contribution in [0.5, 0.6) is 0 Å². The summed E-state index contributed by atoms with van der Waals surface area (Å²) in [4.78, 5) is 1.28.